The molecular weight excluding hydrogens is 288 g/mol. The van der Waals surface area contributed by atoms with Crippen LogP contribution in [0.3, 0.4) is 0 Å². The van der Waals surface area contributed by atoms with E-state index in [9.17, 15) is 8.42 Å². The van der Waals surface area contributed by atoms with Crippen LogP contribution in [0.2, 0.25) is 0 Å². The van der Waals surface area contributed by atoms with Crippen LogP contribution in [-0.2, 0) is 9.84 Å². The van der Waals surface area contributed by atoms with Gasteiger partial charge in [0.1, 0.15) is 5.82 Å². The number of hydrogen-bond acceptors (Lipinski definition) is 6. The molecule has 0 N–H and O–H groups in total. The Labute approximate surface area is 123 Å². The van der Waals surface area contributed by atoms with Gasteiger partial charge in [0.05, 0.1) is 11.5 Å². The first-order valence-corrected chi connectivity index (χ1v) is 8.57. The summed E-state index contributed by atoms with van der Waals surface area (Å²) in [5.41, 5.74) is 1.71. The van der Waals surface area contributed by atoms with Crippen LogP contribution in [0.4, 0.5) is 5.82 Å². The molecule has 110 valence electrons. The Morgan fingerprint density at radius 3 is 2.62 bits per heavy atom. The van der Waals surface area contributed by atoms with E-state index in [1.54, 1.807) is 12.4 Å². The Bertz CT molecular complexity index is 733. The van der Waals surface area contributed by atoms with Crippen LogP contribution in [0.1, 0.15) is 5.69 Å². The highest BCUT2D eigenvalue weighted by atomic mass is 32.2. The lowest BCUT2D eigenvalue weighted by molar-refractivity contribution is 0.586. The molecule has 3 rings (SSSR count). The summed E-state index contributed by atoms with van der Waals surface area (Å²) in [6.07, 6.45) is 3.43. The second kappa shape index (κ2) is 5.40. The molecule has 0 radical (unpaired) electrons. The van der Waals surface area contributed by atoms with Crippen molar-refractivity contribution in [1.29, 1.82) is 0 Å². The maximum atomic E-state index is 11.5. The Morgan fingerprint density at radius 2 is 1.95 bits per heavy atom. The zero-order valence-electron chi connectivity index (χ0n) is 11.7. The van der Waals surface area contributed by atoms with E-state index in [1.165, 1.54) is 0 Å². The van der Waals surface area contributed by atoms with Gasteiger partial charge in [0.2, 0.25) is 0 Å². The molecule has 1 saturated heterocycles. The first-order valence-electron chi connectivity index (χ1n) is 6.75. The van der Waals surface area contributed by atoms with Crippen molar-refractivity contribution in [2.24, 2.45) is 0 Å². The van der Waals surface area contributed by atoms with Crippen molar-refractivity contribution in [3.63, 3.8) is 0 Å². The third-order valence-electron chi connectivity index (χ3n) is 3.43. The number of nitrogens with zero attached hydrogens (tertiary/aromatic N) is 4. The van der Waals surface area contributed by atoms with Gasteiger partial charge in [-0.25, -0.2) is 18.4 Å². The van der Waals surface area contributed by atoms with Gasteiger partial charge >= 0.3 is 0 Å². The van der Waals surface area contributed by atoms with E-state index in [2.05, 4.69) is 15.0 Å². The minimum Gasteiger partial charge on any atom is -0.354 e. The average Bonchev–Trinajstić information content (AvgIpc) is 2.47. The molecule has 2 aromatic rings. The molecule has 0 aliphatic carbocycles. The average molecular weight is 304 g/mol. The molecule has 0 atom stereocenters. The summed E-state index contributed by atoms with van der Waals surface area (Å²) in [5.74, 6) is 1.75. The van der Waals surface area contributed by atoms with Gasteiger partial charge in [-0.15, -0.1) is 0 Å². The van der Waals surface area contributed by atoms with Crippen molar-refractivity contribution in [2.75, 3.05) is 29.5 Å². The normalized spacial score (nSPS) is 17.7. The standard InChI is InChI=1S/C14H16N4O2S/c1-11-9-13(18-5-7-21(19,20)8-6-18)17-14(16-11)12-3-2-4-15-10-12/h2-4,9-10H,5-8H2,1H3. The van der Waals surface area contributed by atoms with Crippen LogP contribution in [0.15, 0.2) is 30.6 Å². The van der Waals surface area contributed by atoms with E-state index in [0.29, 0.717) is 18.9 Å². The summed E-state index contributed by atoms with van der Waals surface area (Å²) in [6, 6.07) is 5.64. The van der Waals surface area contributed by atoms with Crippen molar-refractivity contribution in [2.45, 2.75) is 6.92 Å². The molecule has 1 fully saturated rings. The summed E-state index contributed by atoms with van der Waals surface area (Å²) >= 11 is 0. The smallest absolute Gasteiger partial charge is 0.163 e. The fourth-order valence-corrected chi connectivity index (χ4v) is 3.48. The van der Waals surface area contributed by atoms with Gasteiger partial charge in [0.25, 0.3) is 0 Å². The van der Waals surface area contributed by atoms with E-state index < -0.39 is 9.84 Å². The van der Waals surface area contributed by atoms with Gasteiger partial charge in [-0.05, 0) is 19.1 Å². The van der Waals surface area contributed by atoms with E-state index in [0.717, 1.165) is 17.1 Å². The molecule has 3 heterocycles. The Hall–Kier alpha value is -2.02. The number of sulfone groups is 1. The lowest BCUT2D eigenvalue weighted by Gasteiger charge is -2.28. The summed E-state index contributed by atoms with van der Waals surface area (Å²) in [6.45, 7) is 2.86. The van der Waals surface area contributed by atoms with Crippen LogP contribution in [0.5, 0.6) is 0 Å². The van der Waals surface area contributed by atoms with Crippen molar-refractivity contribution < 1.29 is 8.42 Å². The highest BCUT2D eigenvalue weighted by Crippen LogP contribution is 2.20. The van der Waals surface area contributed by atoms with Gasteiger partial charge in [0.15, 0.2) is 15.7 Å². The van der Waals surface area contributed by atoms with Crippen LogP contribution >= 0.6 is 0 Å². The second-order valence-electron chi connectivity index (χ2n) is 5.07. The summed E-state index contributed by atoms with van der Waals surface area (Å²) < 4.78 is 23.0. The highest BCUT2D eigenvalue weighted by molar-refractivity contribution is 7.91. The third kappa shape index (κ3) is 3.18. The number of hydrogen-bond donors (Lipinski definition) is 0. The van der Waals surface area contributed by atoms with Crippen LogP contribution in [0.25, 0.3) is 11.4 Å². The topological polar surface area (TPSA) is 76.1 Å². The number of rotatable bonds is 2. The predicted octanol–water partition coefficient (Wildman–Crippen LogP) is 1.08. The molecule has 1 aliphatic rings. The zero-order chi connectivity index (χ0) is 14.9. The van der Waals surface area contributed by atoms with Crippen LogP contribution < -0.4 is 4.90 Å². The Kier molecular flexibility index (Phi) is 3.59. The largest absolute Gasteiger partial charge is 0.354 e. The molecule has 0 saturated carbocycles. The van der Waals surface area contributed by atoms with Gasteiger partial charge in [0, 0.05) is 42.8 Å². The van der Waals surface area contributed by atoms with Gasteiger partial charge in [-0.1, -0.05) is 0 Å². The molecule has 0 bridgehead atoms. The van der Waals surface area contributed by atoms with Gasteiger partial charge in [-0.2, -0.15) is 0 Å². The van der Waals surface area contributed by atoms with Crippen molar-refractivity contribution >= 4 is 15.7 Å². The molecule has 7 heteroatoms. The lowest BCUT2D eigenvalue weighted by Crippen LogP contribution is -2.40. The minimum atomic E-state index is -2.89. The Morgan fingerprint density at radius 1 is 1.19 bits per heavy atom. The minimum absolute atomic E-state index is 0.179. The van der Waals surface area contributed by atoms with E-state index in [4.69, 9.17) is 0 Å². The first kappa shape index (κ1) is 13.9. The monoisotopic (exact) mass is 304 g/mol. The molecule has 21 heavy (non-hydrogen) atoms. The quantitative estimate of drug-likeness (QED) is 0.826. The zero-order valence-corrected chi connectivity index (χ0v) is 12.5. The SMILES string of the molecule is Cc1cc(N2CCS(=O)(=O)CC2)nc(-c2cccnc2)n1. The third-order valence-corrected chi connectivity index (χ3v) is 5.04. The maximum absolute atomic E-state index is 11.5. The predicted molar refractivity (Wildman–Crippen MR) is 80.9 cm³/mol. The molecule has 0 spiro atoms. The highest BCUT2D eigenvalue weighted by Gasteiger charge is 2.23. The molecule has 0 aromatic carbocycles. The second-order valence-corrected chi connectivity index (χ2v) is 7.38. The number of aromatic nitrogens is 3. The first-order chi connectivity index (χ1) is 10.0. The van der Waals surface area contributed by atoms with Crippen molar-refractivity contribution in [3.05, 3.63) is 36.3 Å². The maximum Gasteiger partial charge on any atom is 0.163 e. The summed E-state index contributed by atoms with van der Waals surface area (Å²) in [7, 11) is -2.89. The molecule has 0 unspecified atom stereocenters. The van der Waals surface area contributed by atoms with E-state index >= 15 is 0 Å². The van der Waals surface area contributed by atoms with Crippen LogP contribution in [-0.4, -0.2) is 48.0 Å². The van der Waals surface area contributed by atoms with Gasteiger partial charge < -0.3 is 4.90 Å². The fourth-order valence-electron chi connectivity index (χ4n) is 2.28. The number of pyridine rings is 1. The number of anilines is 1. The summed E-state index contributed by atoms with van der Waals surface area (Å²) in [4.78, 5) is 15.1. The molecule has 0 amide bonds. The fraction of sp³-hybridized carbons (Fsp3) is 0.357. The van der Waals surface area contributed by atoms with Gasteiger partial charge in [-0.3, -0.25) is 4.98 Å². The number of aryl methyl sites for hydroxylation is 1. The van der Waals surface area contributed by atoms with Crippen LogP contribution in [0, 0.1) is 6.92 Å². The molecule has 6 nitrogen and oxygen atoms in total. The Balaban J connectivity index is 1.92. The molecule has 1 aliphatic heterocycles. The summed E-state index contributed by atoms with van der Waals surface area (Å²) in [5, 5.41) is 0. The van der Waals surface area contributed by atoms with Crippen molar-refractivity contribution in [1.82, 2.24) is 15.0 Å². The van der Waals surface area contributed by atoms with E-state index in [1.807, 2.05) is 30.0 Å². The van der Waals surface area contributed by atoms with Crippen molar-refractivity contribution in [3.8, 4) is 11.4 Å². The van der Waals surface area contributed by atoms with E-state index in [-0.39, 0.29) is 11.5 Å². The lowest BCUT2D eigenvalue weighted by atomic mass is 10.2. The molecule has 2 aromatic heterocycles. The molecular formula is C14H16N4O2S.